The lowest BCUT2D eigenvalue weighted by Crippen LogP contribution is -2.33. The molecule has 2 atom stereocenters. The molecule has 0 bridgehead atoms. The first-order chi connectivity index (χ1) is 12.8. The Balaban J connectivity index is 1.56. The molecule has 1 saturated heterocycles. The van der Waals surface area contributed by atoms with Crippen molar-refractivity contribution in [2.75, 3.05) is 31.1 Å². The summed E-state index contributed by atoms with van der Waals surface area (Å²) >= 11 is 3.48. The van der Waals surface area contributed by atoms with Crippen LogP contribution < -0.4 is 9.64 Å². The Bertz CT molecular complexity index is 814. The molecule has 3 heterocycles. The zero-order valence-electron chi connectivity index (χ0n) is 16.7. The van der Waals surface area contributed by atoms with Crippen LogP contribution in [0, 0.1) is 0 Å². The van der Waals surface area contributed by atoms with E-state index >= 15 is 0 Å². The number of carbonyl (C=O) groups is 1. The van der Waals surface area contributed by atoms with Crippen molar-refractivity contribution in [3.8, 4) is 5.75 Å². The van der Waals surface area contributed by atoms with Gasteiger partial charge < -0.3 is 9.64 Å². The molecule has 3 aliphatic heterocycles. The van der Waals surface area contributed by atoms with Crippen LogP contribution in [0.3, 0.4) is 0 Å². The van der Waals surface area contributed by atoms with Gasteiger partial charge in [0.25, 0.3) is 0 Å². The molecule has 1 aromatic rings. The number of fused-ring (bicyclic) bond motifs is 2. The number of anilines is 1. The highest BCUT2D eigenvalue weighted by atomic mass is 79.9. The fourth-order valence-electron chi connectivity index (χ4n) is 3.69. The fourth-order valence-corrected chi connectivity index (χ4v) is 4.14. The summed E-state index contributed by atoms with van der Waals surface area (Å²) in [7, 11) is 0. The maximum Gasteiger partial charge on any atom is 0.223 e. The first-order valence-corrected chi connectivity index (χ1v) is 9.21. The van der Waals surface area contributed by atoms with Gasteiger partial charge in [0.1, 0.15) is 12.4 Å². The molecule has 0 saturated carbocycles. The third-order valence-corrected chi connectivity index (χ3v) is 5.58. The van der Waals surface area contributed by atoms with Gasteiger partial charge in [-0.15, -0.1) is 0 Å². The number of nitrogens with zero attached hydrogens (tertiary/aromatic N) is 2. The molecular weight excluding hydrogens is 368 g/mol. The SMILES string of the molecule is [2H]C1c2cc(OCC3=CC4CCCN4CC3)c(Br)cc2N(C(C)=O)C1([2H])[2H]. The standard InChI is InChI=1S/C19H23BrN2O2/c1-13(23)22-8-5-15-10-19(17(20)11-18(15)22)24-12-14-4-7-21-6-2-3-16(21)9-14/h9-11,16H,2-8,12H2,1H3/i5D,8D2. The highest BCUT2D eigenvalue weighted by molar-refractivity contribution is 9.10. The fraction of sp³-hybridized carbons (Fsp3) is 0.526. The van der Waals surface area contributed by atoms with Crippen LogP contribution in [0.4, 0.5) is 5.69 Å². The van der Waals surface area contributed by atoms with Crippen LogP contribution in [-0.2, 0) is 11.2 Å². The lowest BCUT2D eigenvalue weighted by atomic mass is 10.0. The average molecular weight is 394 g/mol. The van der Waals surface area contributed by atoms with Gasteiger partial charge in [0.15, 0.2) is 0 Å². The summed E-state index contributed by atoms with van der Waals surface area (Å²) in [6, 6.07) is 3.92. The first kappa shape index (κ1) is 13.0. The molecule has 4 rings (SSSR count). The normalized spacial score (nSPS) is 30.0. The van der Waals surface area contributed by atoms with Gasteiger partial charge in [0.05, 0.1) is 7.21 Å². The minimum absolute atomic E-state index is 0.412. The number of benzene rings is 1. The molecule has 1 amide bonds. The second-order valence-corrected chi connectivity index (χ2v) is 7.43. The molecular formula is C19H23BrN2O2. The van der Waals surface area contributed by atoms with E-state index in [1.165, 1.54) is 31.9 Å². The maximum atomic E-state index is 11.9. The number of ether oxygens (including phenoxy) is 1. The van der Waals surface area contributed by atoms with E-state index in [4.69, 9.17) is 8.85 Å². The van der Waals surface area contributed by atoms with Crippen LogP contribution in [-0.4, -0.2) is 43.0 Å². The highest BCUT2D eigenvalue weighted by Crippen LogP contribution is 2.37. The van der Waals surface area contributed by atoms with Crippen LogP contribution >= 0.6 is 15.9 Å². The van der Waals surface area contributed by atoms with E-state index in [0.717, 1.165) is 17.9 Å². The number of carbonyl (C=O) groups excluding carboxylic acids is 1. The molecule has 4 nitrogen and oxygen atoms in total. The lowest BCUT2D eigenvalue weighted by Gasteiger charge is -2.28. The zero-order chi connectivity index (χ0) is 19.3. The summed E-state index contributed by atoms with van der Waals surface area (Å²) in [5.74, 6) is 0.173. The van der Waals surface area contributed by atoms with Gasteiger partial charge in [-0.25, -0.2) is 0 Å². The van der Waals surface area contributed by atoms with E-state index in [1.54, 1.807) is 12.1 Å². The molecule has 0 radical (unpaired) electrons. The Kier molecular flexibility index (Phi) is 3.52. The smallest absolute Gasteiger partial charge is 0.223 e. The maximum absolute atomic E-state index is 11.9. The van der Waals surface area contributed by atoms with Gasteiger partial charge in [-0.2, -0.15) is 0 Å². The monoisotopic (exact) mass is 393 g/mol. The largest absolute Gasteiger partial charge is 0.488 e. The predicted molar refractivity (Wildman–Crippen MR) is 98.7 cm³/mol. The van der Waals surface area contributed by atoms with E-state index in [0.29, 0.717) is 34.1 Å². The second-order valence-electron chi connectivity index (χ2n) is 6.58. The molecule has 3 aliphatic rings. The third kappa shape index (κ3) is 3.00. The molecule has 2 unspecified atom stereocenters. The molecule has 0 aliphatic carbocycles. The summed E-state index contributed by atoms with van der Waals surface area (Å²) in [6.45, 7) is 2.01. The number of rotatable bonds is 3. The number of amides is 1. The van der Waals surface area contributed by atoms with Crippen molar-refractivity contribution in [1.29, 1.82) is 0 Å². The zero-order valence-corrected chi connectivity index (χ0v) is 15.3. The van der Waals surface area contributed by atoms with E-state index in [9.17, 15) is 4.79 Å². The number of hydrogen-bond donors (Lipinski definition) is 0. The van der Waals surface area contributed by atoms with Crippen molar-refractivity contribution in [3.63, 3.8) is 0 Å². The number of aryl methyl sites for hydroxylation is 1. The predicted octanol–water partition coefficient (Wildman–Crippen LogP) is 3.53. The Morgan fingerprint density at radius 3 is 3.17 bits per heavy atom. The van der Waals surface area contributed by atoms with Gasteiger partial charge >= 0.3 is 0 Å². The molecule has 0 aromatic heterocycles. The van der Waals surface area contributed by atoms with Crippen LogP contribution in [0.1, 0.15) is 35.9 Å². The summed E-state index contributed by atoms with van der Waals surface area (Å²) in [6.07, 6.45) is 4.63. The molecule has 24 heavy (non-hydrogen) atoms. The van der Waals surface area contributed by atoms with Gasteiger partial charge in [-0.1, -0.05) is 6.08 Å². The number of hydrogen-bond acceptors (Lipinski definition) is 3. The van der Waals surface area contributed by atoms with Gasteiger partial charge in [-0.05, 0) is 71.4 Å². The molecule has 5 heteroatoms. The number of halogens is 1. The Morgan fingerprint density at radius 2 is 2.33 bits per heavy atom. The van der Waals surface area contributed by atoms with Crippen molar-refractivity contribution in [1.82, 2.24) is 4.90 Å². The Morgan fingerprint density at radius 1 is 1.46 bits per heavy atom. The van der Waals surface area contributed by atoms with Gasteiger partial charge in [0.2, 0.25) is 5.91 Å². The van der Waals surface area contributed by atoms with Crippen molar-refractivity contribution in [2.24, 2.45) is 0 Å². The van der Waals surface area contributed by atoms with E-state index < -0.39 is 18.8 Å². The highest BCUT2D eigenvalue weighted by Gasteiger charge is 2.27. The van der Waals surface area contributed by atoms with Crippen molar-refractivity contribution >= 4 is 27.5 Å². The Hall–Kier alpha value is -1.33. The van der Waals surface area contributed by atoms with Crippen LogP contribution in [0.25, 0.3) is 0 Å². The summed E-state index contributed by atoms with van der Waals surface area (Å²) in [5, 5.41) is 0. The third-order valence-electron chi connectivity index (χ3n) is 4.96. The Labute approximate surface area is 155 Å². The minimum atomic E-state index is -2.07. The molecule has 1 aromatic carbocycles. The van der Waals surface area contributed by atoms with Crippen LogP contribution in [0.2, 0.25) is 0 Å². The first-order valence-electron chi connectivity index (χ1n) is 9.99. The molecule has 1 fully saturated rings. The van der Waals surface area contributed by atoms with Gasteiger partial charge in [0, 0.05) is 33.1 Å². The van der Waals surface area contributed by atoms with E-state index in [1.807, 2.05) is 0 Å². The molecule has 128 valence electrons. The van der Waals surface area contributed by atoms with Crippen molar-refractivity contribution < 1.29 is 13.6 Å². The minimum Gasteiger partial charge on any atom is -0.488 e. The average Bonchev–Trinajstić information content (AvgIpc) is 3.14. The topological polar surface area (TPSA) is 32.8 Å². The molecule has 0 spiro atoms. The van der Waals surface area contributed by atoms with Crippen molar-refractivity contribution in [3.05, 3.63) is 33.8 Å². The molecule has 0 N–H and O–H groups in total. The van der Waals surface area contributed by atoms with E-state index in [-0.39, 0.29) is 0 Å². The van der Waals surface area contributed by atoms with Crippen LogP contribution in [0.15, 0.2) is 28.3 Å². The van der Waals surface area contributed by atoms with Crippen LogP contribution in [0.5, 0.6) is 5.75 Å². The lowest BCUT2D eigenvalue weighted by molar-refractivity contribution is -0.116. The summed E-state index contributed by atoms with van der Waals surface area (Å²) in [4.78, 5) is 15.5. The quantitative estimate of drug-likeness (QED) is 0.736. The summed E-state index contributed by atoms with van der Waals surface area (Å²) < 4.78 is 31.2. The van der Waals surface area contributed by atoms with Gasteiger partial charge in [-0.3, -0.25) is 9.69 Å². The van der Waals surface area contributed by atoms with E-state index in [2.05, 4.69) is 26.9 Å². The second kappa shape index (κ2) is 6.52. The summed E-state index contributed by atoms with van der Waals surface area (Å²) in [5.41, 5.74) is 2.20. The van der Waals surface area contributed by atoms with Crippen molar-refractivity contribution in [2.45, 2.75) is 38.6 Å².